The van der Waals surface area contributed by atoms with Gasteiger partial charge in [-0.05, 0) is 12.5 Å². The zero-order valence-corrected chi connectivity index (χ0v) is 10.4. The van der Waals surface area contributed by atoms with E-state index in [4.69, 9.17) is 0 Å². The van der Waals surface area contributed by atoms with E-state index in [1.54, 1.807) is 6.20 Å². The molecule has 0 atom stereocenters. The molecule has 0 aliphatic carbocycles. The summed E-state index contributed by atoms with van der Waals surface area (Å²) in [6.07, 6.45) is 4.94. The Kier molecular flexibility index (Phi) is 4.52. The Hall–Kier alpha value is -2.11. The zero-order valence-electron chi connectivity index (χ0n) is 10.4. The molecule has 0 fully saturated rings. The van der Waals surface area contributed by atoms with Crippen molar-refractivity contribution < 1.29 is 4.52 Å². The minimum absolute atomic E-state index is 0.709. The minimum atomic E-state index is 0.709. The summed E-state index contributed by atoms with van der Waals surface area (Å²) in [5, 5.41) is 10.3. The van der Waals surface area contributed by atoms with Crippen LogP contribution in [0, 0.1) is 0 Å². The van der Waals surface area contributed by atoms with Gasteiger partial charge in [-0.15, -0.1) is 0 Å². The van der Waals surface area contributed by atoms with Gasteiger partial charge in [-0.2, -0.15) is 4.98 Å². The molecule has 2 aromatic heterocycles. The topological polar surface area (TPSA) is 75.9 Å². The fourth-order valence-electron chi connectivity index (χ4n) is 1.51. The van der Waals surface area contributed by atoms with Crippen molar-refractivity contribution >= 4 is 11.5 Å². The third-order valence-electron chi connectivity index (χ3n) is 2.40. The summed E-state index contributed by atoms with van der Waals surface area (Å²) >= 11 is 0. The van der Waals surface area contributed by atoms with Crippen LogP contribution in [0.25, 0.3) is 0 Å². The fraction of sp³-hybridized carbons (Fsp3) is 0.417. The first-order valence-electron chi connectivity index (χ1n) is 6.07. The van der Waals surface area contributed by atoms with E-state index in [2.05, 4.69) is 37.2 Å². The first-order valence-corrected chi connectivity index (χ1v) is 6.07. The lowest BCUT2D eigenvalue weighted by Crippen LogP contribution is -2.07. The van der Waals surface area contributed by atoms with Gasteiger partial charge in [-0.3, -0.25) is 0 Å². The molecule has 2 aromatic rings. The number of aromatic nitrogens is 3. The number of nitrogens with one attached hydrogen (secondary N) is 2. The van der Waals surface area contributed by atoms with Crippen LogP contribution in [-0.4, -0.2) is 28.2 Å². The van der Waals surface area contributed by atoms with Crippen LogP contribution in [0.2, 0.25) is 0 Å². The molecule has 2 rings (SSSR count). The summed E-state index contributed by atoms with van der Waals surface area (Å²) in [6, 6.07) is 3.93. The van der Waals surface area contributed by atoms with Crippen LogP contribution in [0.3, 0.4) is 0 Å². The Morgan fingerprint density at radius 2 is 2.17 bits per heavy atom. The maximum Gasteiger partial charge on any atom is 0.213 e. The molecule has 18 heavy (non-hydrogen) atoms. The van der Waals surface area contributed by atoms with E-state index < -0.39 is 0 Å². The minimum Gasteiger partial charge on any atom is -0.384 e. The second kappa shape index (κ2) is 6.58. The van der Waals surface area contributed by atoms with E-state index in [1.165, 1.54) is 6.39 Å². The van der Waals surface area contributed by atoms with E-state index in [-0.39, 0.29) is 0 Å². The van der Waals surface area contributed by atoms with Crippen LogP contribution in [-0.2, 0) is 6.42 Å². The Morgan fingerprint density at radius 3 is 2.94 bits per heavy atom. The van der Waals surface area contributed by atoms with E-state index in [0.717, 1.165) is 37.4 Å². The normalized spacial score (nSPS) is 10.3. The van der Waals surface area contributed by atoms with Crippen LogP contribution in [0.1, 0.15) is 19.2 Å². The van der Waals surface area contributed by atoms with Gasteiger partial charge in [0.25, 0.3) is 0 Å². The molecule has 0 aromatic carbocycles. The van der Waals surface area contributed by atoms with E-state index in [0.29, 0.717) is 5.82 Å². The summed E-state index contributed by atoms with van der Waals surface area (Å²) < 4.78 is 4.67. The van der Waals surface area contributed by atoms with E-state index >= 15 is 0 Å². The predicted molar refractivity (Wildman–Crippen MR) is 69.5 cm³/mol. The van der Waals surface area contributed by atoms with E-state index in [9.17, 15) is 0 Å². The fourth-order valence-corrected chi connectivity index (χ4v) is 1.51. The SMILES string of the molecule is CCCNc1cc(NCCc2ncon2)ccn1. The second-order valence-electron chi connectivity index (χ2n) is 3.88. The van der Waals surface area contributed by atoms with Crippen molar-refractivity contribution in [2.24, 2.45) is 0 Å². The second-order valence-corrected chi connectivity index (χ2v) is 3.88. The summed E-state index contributed by atoms with van der Waals surface area (Å²) in [4.78, 5) is 8.21. The van der Waals surface area contributed by atoms with Gasteiger partial charge in [-0.1, -0.05) is 12.1 Å². The van der Waals surface area contributed by atoms with Gasteiger partial charge >= 0.3 is 0 Å². The Labute approximate surface area is 106 Å². The monoisotopic (exact) mass is 247 g/mol. The van der Waals surface area contributed by atoms with Crippen molar-refractivity contribution in [1.29, 1.82) is 0 Å². The maximum absolute atomic E-state index is 4.67. The van der Waals surface area contributed by atoms with Crippen molar-refractivity contribution in [2.45, 2.75) is 19.8 Å². The van der Waals surface area contributed by atoms with Crippen LogP contribution < -0.4 is 10.6 Å². The van der Waals surface area contributed by atoms with Crippen LogP contribution in [0.5, 0.6) is 0 Å². The average molecular weight is 247 g/mol. The third-order valence-corrected chi connectivity index (χ3v) is 2.40. The lowest BCUT2D eigenvalue weighted by Gasteiger charge is -2.07. The maximum atomic E-state index is 4.67. The highest BCUT2D eigenvalue weighted by Gasteiger charge is 1.99. The first-order chi connectivity index (χ1) is 8.88. The van der Waals surface area contributed by atoms with Crippen molar-refractivity contribution in [2.75, 3.05) is 23.7 Å². The molecule has 6 nitrogen and oxygen atoms in total. The molecule has 0 bridgehead atoms. The molecule has 0 spiro atoms. The van der Waals surface area contributed by atoms with Gasteiger partial charge in [0.2, 0.25) is 6.39 Å². The Bertz CT molecular complexity index is 457. The quantitative estimate of drug-likeness (QED) is 0.778. The van der Waals surface area contributed by atoms with Crippen molar-refractivity contribution in [3.05, 3.63) is 30.5 Å². The van der Waals surface area contributed by atoms with Gasteiger partial charge in [0.05, 0.1) is 0 Å². The van der Waals surface area contributed by atoms with Gasteiger partial charge in [0, 0.05) is 37.5 Å². The highest BCUT2D eigenvalue weighted by Crippen LogP contribution is 2.11. The molecule has 6 heteroatoms. The predicted octanol–water partition coefficient (Wildman–Crippen LogP) is 1.94. The molecule has 0 saturated heterocycles. The molecular formula is C12H17N5O. The van der Waals surface area contributed by atoms with Crippen molar-refractivity contribution in [1.82, 2.24) is 15.1 Å². The van der Waals surface area contributed by atoms with E-state index in [1.807, 2.05) is 12.1 Å². The lowest BCUT2D eigenvalue weighted by atomic mass is 10.3. The average Bonchev–Trinajstić information content (AvgIpc) is 2.90. The Morgan fingerprint density at radius 1 is 1.22 bits per heavy atom. The Balaban J connectivity index is 1.81. The van der Waals surface area contributed by atoms with Gasteiger partial charge in [-0.25, -0.2) is 4.98 Å². The van der Waals surface area contributed by atoms with Crippen LogP contribution in [0.4, 0.5) is 11.5 Å². The smallest absolute Gasteiger partial charge is 0.213 e. The number of pyridine rings is 1. The summed E-state index contributed by atoms with van der Waals surface area (Å²) in [7, 11) is 0. The molecule has 96 valence electrons. The highest BCUT2D eigenvalue weighted by atomic mass is 16.5. The number of hydrogen-bond acceptors (Lipinski definition) is 6. The molecule has 2 N–H and O–H groups in total. The molecule has 0 aliphatic heterocycles. The number of hydrogen-bond donors (Lipinski definition) is 2. The number of nitrogens with zero attached hydrogens (tertiary/aromatic N) is 3. The van der Waals surface area contributed by atoms with Crippen LogP contribution >= 0.6 is 0 Å². The summed E-state index contributed by atoms with van der Waals surface area (Å²) in [5.74, 6) is 1.60. The van der Waals surface area contributed by atoms with Crippen molar-refractivity contribution in [3.63, 3.8) is 0 Å². The molecule has 2 heterocycles. The van der Waals surface area contributed by atoms with Gasteiger partial charge < -0.3 is 15.2 Å². The molecule has 0 aliphatic rings. The summed E-state index contributed by atoms with van der Waals surface area (Å²) in [6.45, 7) is 3.82. The summed E-state index contributed by atoms with van der Waals surface area (Å²) in [5.41, 5.74) is 1.03. The van der Waals surface area contributed by atoms with Gasteiger partial charge in [0.15, 0.2) is 5.82 Å². The molecular weight excluding hydrogens is 230 g/mol. The molecule has 0 amide bonds. The number of rotatable bonds is 7. The third kappa shape index (κ3) is 3.73. The molecule has 0 unspecified atom stereocenters. The molecule has 0 saturated carbocycles. The van der Waals surface area contributed by atoms with Crippen molar-refractivity contribution in [3.8, 4) is 0 Å². The first kappa shape index (κ1) is 12.3. The largest absolute Gasteiger partial charge is 0.384 e. The number of anilines is 2. The van der Waals surface area contributed by atoms with Crippen LogP contribution in [0.15, 0.2) is 29.2 Å². The zero-order chi connectivity index (χ0) is 12.6. The lowest BCUT2D eigenvalue weighted by molar-refractivity contribution is 0.410. The standard InChI is InChI=1S/C12H17N5O/c1-2-5-14-12-8-10(3-6-15-12)13-7-4-11-16-9-18-17-11/h3,6,8-9H,2,4-5,7H2,1H3,(H2,13,14,15). The van der Waals surface area contributed by atoms with Gasteiger partial charge in [0.1, 0.15) is 5.82 Å². The molecule has 0 radical (unpaired) electrons. The highest BCUT2D eigenvalue weighted by molar-refractivity contribution is 5.51.